The zero-order chi connectivity index (χ0) is 97.0. The van der Waals surface area contributed by atoms with Crippen LogP contribution >= 0.6 is 19.1 Å². The van der Waals surface area contributed by atoms with Gasteiger partial charge in [-0.3, -0.25) is 14.4 Å². The van der Waals surface area contributed by atoms with Gasteiger partial charge in [0.25, 0.3) is 0 Å². The predicted molar refractivity (Wildman–Crippen MR) is 497 cm³/mol. The van der Waals surface area contributed by atoms with E-state index in [4.69, 9.17) is 69.4 Å². The number of esters is 5. The Kier molecular flexibility index (Phi) is 47.3. The van der Waals surface area contributed by atoms with Crippen LogP contribution < -0.4 is 50.4 Å². The summed E-state index contributed by atoms with van der Waals surface area (Å²) in [5, 5.41) is 57.4. The summed E-state index contributed by atoms with van der Waals surface area (Å²) in [5.41, 5.74) is 25.4. The summed E-state index contributed by atoms with van der Waals surface area (Å²) < 4.78 is 63.4. The molecule has 0 unspecified atom stereocenters. The fourth-order valence-corrected chi connectivity index (χ4v) is 11.7. The summed E-state index contributed by atoms with van der Waals surface area (Å²) in [4.78, 5) is 91.7. The van der Waals surface area contributed by atoms with E-state index in [2.05, 4.69) is 43.4 Å². The second kappa shape index (κ2) is 58.7. The van der Waals surface area contributed by atoms with Crippen LogP contribution in [-0.2, 0) is 113 Å². The van der Waals surface area contributed by atoms with Gasteiger partial charge < -0.3 is 105 Å². The molecule has 1 aliphatic heterocycles. The average molecular weight is 1950 g/mol. The Hall–Kier alpha value is -14.7. The molecule has 0 radical (unpaired) electrons. The number of carbonyl (C=O) groups excluding carboxylic acids is 5. The number of hydrogen-bond donors (Lipinski definition) is 9. The van der Waals surface area contributed by atoms with E-state index in [0.717, 1.165) is 50.1 Å². The van der Waals surface area contributed by atoms with Gasteiger partial charge in [-0.25, -0.2) is 24.0 Å². The molecular formula is C101H103Cl2N3O26Pd. The van der Waals surface area contributed by atoms with Crippen LogP contribution in [0, 0.1) is 0 Å². The van der Waals surface area contributed by atoms with Gasteiger partial charge in [0.2, 0.25) is 0 Å². The number of benzene rings is 11. The Labute approximate surface area is 785 Å². The normalized spacial score (nSPS) is 13.0. The van der Waals surface area contributed by atoms with Gasteiger partial charge in [0, 0.05) is 0 Å². The van der Waals surface area contributed by atoms with Gasteiger partial charge in [0.1, 0.15) is 105 Å². The molecule has 0 spiro atoms. The molecule has 0 aromatic heterocycles. The predicted octanol–water partition coefficient (Wildman–Crippen LogP) is 16.9. The first kappa shape index (κ1) is 107. The number of carbonyl (C=O) groups is 8. The molecule has 12 rings (SSSR count). The van der Waals surface area contributed by atoms with Crippen molar-refractivity contribution in [1.82, 2.24) is 0 Å². The van der Waals surface area contributed by atoms with E-state index < -0.39 is 71.6 Å². The van der Waals surface area contributed by atoms with Crippen LogP contribution in [0.5, 0.6) is 57.5 Å². The second-order valence-corrected chi connectivity index (χ2v) is 30.3. The summed E-state index contributed by atoms with van der Waals surface area (Å²) in [6.07, 6.45) is 10.4. The molecule has 133 heavy (non-hydrogen) atoms. The molecule has 11 aromatic rings. The number of aromatic hydroxyl groups is 3. The van der Waals surface area contributed by atoms with Gasteiger partial charge in [-0.05, 0) is 142 Å². The first-order valence-electron chi connectivity index (χ1n) is 40.5. The number of methoxy groups -OCH3 is 3. The monoisotopic (exact) mass is 1950 g/mol. The van der Waals surface area contributed by atoms with Crippen molar-refractivity contribution in [3.05, 3.63) is 376 Å². The van der Waals surface area contributed by atoms with Crippen LogP contribution in [-0.4, -0.2) is 138 Å². The van der Waals surface area contributed by atoms with E-state index in [9.17, 15) is 69.0 Å². The van der Waals surface area contributed by atoms with Gasteiger partial charge in [0.05, 0.1) is 21.3 Å². The zero-order valence-electron chi connectivity index (χ0n) is 73.0. The van der Waals surface area contributed by atoms with Crippen molar-refractivity contribution in [3.63, 3.8) is 0 Å². The number of ether oxygens (including phenoxy) is 12. The van der Waals surface area contributed by atoms with Crippen molar-refractivity contribution < 1.29 is 142 Å². The number of phenolic OH excluding ortho intramolecular Hbond substituents is 3. The van der Waals surface area contributed by atoms with Gasteiger partial charge in [-0.1, -0.05) is 218 Å². The Morgan fingerprint density at radius 3 is 0.992 bits per heavy atom. The van der Waals surface area contributed by atoms with Gasteiger partial charge in [-0.2, -0.15) is 0 Å². The van der Waals surface area contributed by atoms with Crippen LogP contribution in [0.3, 0.4) is 0 Å². The molecule has 29 nitrogen and oxygen atoms in total. The van der Waals surface area contributed by atoms with Crippen molar-refractivity contribution in [1.29, 1.82) is 0 Å². The maximum atomic E-state index is 11.9. The van der Waals surface area contributed by atoms with Gasteiger partial charge >= 0.3 is 82.8 Å². The van der Waals surface area contributed by atoms with Crippen molar-refractivity contribution in [2.75, 3.05) is 41.2 Å². The van der Waals surface area contributed by atoms with Crippen molar-refractivity contribution >= 4 is 72.9 Å². The molecule has 1 fully saturated rings. The Bertz CT molecular complexity index is 5580. The quantitative estimate of drug-likeness (QED) is 0.00640. The Balaban J connectivity index is 0.000000248. The first-order valence-corrected chi connectivity index (χ1v) is 44.5. The number of carboxylic acid groups (broad SMARTS) is 3. The number of nitrogens with two attached hydrogens (primary N) is 3. The van der Waals surface area contributed by atoms with Crippen molar-refractivity contribution in [2.45, 2.75) is 84.0 Å². The molecule has 1 aliphatic rings. The topological polar surface area (TPSA) is 447 Å². The molecule has 0 bridgehead atoms. The number of para-hydroxylation sites is 1. The summed E-state index contributed by atoms with van der Waals surface area (Å²) in [7, 11) is 13.5. The minimum atomic E-state index is -1.15. The SMILES string of the molecule is C/C=C/c1cc(OCc2ccccc2)c(OCc2ccccc2)c(C(=O)O)c1.C=CCc1cc(O)c(O)c(C(=O)OC)c1.C=CCc1cc(OC)c(O)c(C(=O)OC)c1.C=CCc1cc(OCc2ccccc2)c(OCc2ccccc2)c(C(=O)O)c1.N[C@H]1COC(=O)[C@@H](N)COC(=O)[C@@H](N)COC1=O.O=C(O)c1cccc(OCc2ccccc2)c1OCc1ccccc1.[Cl][Pd][Cl]. The summed E-state index contributed by atoms with van der Waals surface area (Å²) in [5.74, 6) is -5.74. The van der Waals surface area contributed by atoms with E-state index in [1.54, 1.807) is 60.7 Å². The number of aromatic carboxylic acids is 3. The number of hydrogen-bond acceptors (Lipinski definition) is 26. The van der Waals surface area contributed by atoms with Crippen molar-refractivity contribution in [2.24, 2.45) is 17.2 Å². The third kappa shape index (κ3) is 36.6. The van der Waals surface area contributed by atoms with Crippen molar-refractivity contribution in [3.8, 4) is 57.5 Å². The molecule has 11 aromatic carbocycles. The zero-order valence-corrected chi connectivity index (χ0v) is 76.1. The molecule has 3 atom stereocenters. The molecular weight excluding hydrogens is 1850 g/mol. The Morgan fingerprint density at radius 2 is 0.669 bits per heavy atom. The molecule has 0 saturated carbocycles. The summed E-state index contributed by atoms with van der Waals surface area (Å²) >= 11 is -0.106. The summed E-state index contributed by atoms with van der Waals surface area (Å²) in [6, 6.07) is 72.2. The van der Waals surface area contributed by atoms with Crippen LogP contribution in [0.2, 0.25) is 0 Å². The molecule has 1 saturated heterocycles. The molecule has 1 heterocycles. The van der Waals surface area contributed by atoms with Crippen LogP contribution in [0.1, 0.15) is 114 Å². The number of allylic oxidation sites excluding steroid dienone is 4. The van der Waals surface area contributed by atoms with Crippen LogP contribution in [0.15, 0.2) is 293 Å². The van der Waals surface area contributed by atoms with E-state index in [-0.39, 0.29) is 118 Å². The maximum absolute atomic E-state index is 11.9. The van der Waals surface area contributed by atoms with Gasteiger partial charge in [-0.15, -0.1) is 19.7 Å². The first-order chi connectivity index (χ1) is 64.1. The van der Waals surface area contributed by atoms with Crippen LogP contribution in [0.25, 0.3) is 6.08 Å². The number of carboxylic acids is 3. The second-order valence-electron chi connectivity index (χ2n) is 28.0. The number of phenols is 3. The Morgan fingerprint density at radius 1 is 0.376 bits per heavy atom. The number of cyclic esters (lactones) is 3. The molecule has 0 aliphatic carbocycles. The number of halogens is 2. The number of rotatable bonds is 31. The van der Waals surface area contributed by atoms with E-state index in [1.165, 1.54) is 39.5 Å². The fraction of sp³-hybridized carbons (Fsp3) is 0.188. The van der Waals surface area contributed by atoms with E-state index in [0.29, 0.717) is 61.9 Å². The molecule has 12 N–H and O–H groups in total. The standard InChI is InChI=1S/2C24H22O4.C21H18O4.C12H14O4.C11H12O4.C9H15N3O6.2ClH.Pd/c2*1-2-9-20-14-21(24(25)26)23(28-17-19-12-7-4-8-13-19)22(15-20)27-16-18-10-5-3-6-11-18;22-21(23)18-12-7-13-19(24-14-16-8-3-1-4-9-16)20(18)25-15-17-10-5-2-6-11-17;1-4-5-8-6-9(12(14)16-3)11(13)10(7-8)15-2;1-3-4-7-5-8(11(14)15-2)10(13)9(12)6-7;10-4-1-16-8(14)5(11)2-18-9(15)6(12)3-17-7(4)13;;;/h2-15H,16-17H2,1H3,(H,25,26);2-8,10-15H,1,9,16-17H2,(H,25,26);1-13H,14-15H2,(H,22,23);4,6-7,13H,1,5H2,2-3H3;3,5-6,12-13H,1,4H2,2H3;4-6H,1-3,10-12H2;2*1H;/q;;;;;;;;+2/p-2/b9-2+;;;;;;;;/t;;;;;4-,5-,6-;;;/m.....0.../s1. The fourth-order valence-electron chi connectivity index (χ4n) is 11.7. The third-order valence-electron chi connectivity index (χ3n) is 18.2. The molecule has 32 heteroatoms. The molecule has 702 valence electrons. The molecule has 0 amide bonds. The summed E-state index contributed by atoms with van der Waals surface area (Å²) in [6.45, 7) is 13.4. The van der Waals surface area contributed by atoms with Gasteiger partial charge in [0.15, 0.2) is 57.5 Å². The van der Waals surface area contributed by atoms with Crippen LogP contribution in [0.4, 0.5) is 0 Å². The third-order valence-corrected chi connectivity index (χ3v) is 18.2. The van der Waals surface area contributed by atoms with E-state index >= 15 is 0 Å². The average Bonchev–Trinajstić information content (AvgIpc) is 0.831. The van der Waals surface area contributed by atoms with E-state index in [1.807, 2.05) is 207 Å². The minimum absolute atomic E-state index is 0.0469.